The summed E-state index contributed by atoms with van der Waals surface area (Å²) in [6.45, 7) is 5.18. The lowest BCUT2D eigenvalue weighted by atomic mass is 10.1. The fourth-order valence-corrected chi connectivity index (χ4v) is 2.68. The highest BCUT2D eigenvalue weighted by Gasteiger charge is 2.36. The van der Waals surface area contributed by atoms with Gasteiger partial charge in [-0.1, -0.05) is 50.6 Å². The van der Waals surface area contributed by atoms with Crippen LogP contribution in [0.15, 0.2) is 30.3 Å². The van der Waals surface area contributed by atoms with Crippen molar-refractivity contribution in [1.29, 1.82) is 0 Å². The molecule has 1 heterocycles. The zero-order valence-electron chi connectivity index (χ0n) is 11.9. The summed E-state index contributed by atoms with van der Waals surface area (Å²) in [5, 5.41) is 3.47. The molecule has 0 spiro atoms. The number of amides is 1. The van der Waals surface area contributed by atoms with Crippen LogP contribution in [0.2, 0.25) is 0 Å². The quantitative estimate of drug-likeness (QED) is 0.852. The molecule has 0 bridgehead atoms. The van der Waals surface area contributed by atoms with Crippen LogP contribution in [0, 0.1) is 0 Å². The van der Waals surface area contributed by atoms with Crippen LogP contribution in [0.4, 0.5) is 0 Å². The van der Waals surface area contributed by atoms with E-state index in [0.717, 1.165) is 32.2 Å². The SMILES string of the molecule is CCCCN1C(=O)C(Cc2ccccc2)NC1CC. The second-order valence-electron chi connectivity index (χ2n) is 5.22. The summed E-state index contributed by atoms with van der Waals surface area (Å²) in [5.74, 6) is 0.268. The molecule has 104 valence electrons. The topological polar surface area (TPSA) is 32.3 Å². The first-order valence-electron chi connectivity index (χ1n) is 7.36. The molecule has 0 radical (unpaired) electrons. The molecule has 1 aromatic rings. The van der Waals surface area contributed by atoms with Crippen LogP contribution in [-0.2, 0) is 11.2 Å². The van der Waals surface area contributed by atoms with Gasteiger partial charge in [0.15, 0.2) is 0 Å². The van der Waals surface area contributed by atoms with Gasteiger partial charge in [0.25, 0.3) is 0 Å². The van der Waals surface area contributed by atoms with Crippen LogP contribution in [0.5, 0.6) is 0 Å². The Balaban J connectivity index is 2.01. The molecule has 2 unspecified atom stereocenters. The largest absolute Gasteiger partial charge is 0.326 e. The van der Waals surface area contributed by atoms with Crippen molar-refractivity contribution in [3.8, 4) is 0 Å². The van der Waals surface area contributed by atoms with Gasteiger partial charge < -0.3 is 4.90 Å². The van der Waals surface area contributed by atoms with Crippen LogP contribution < -0.4 is 5.32 Å². The van der Waals surface area contributed by atoms with Crippen molar-refractivity contribution in [3.05, 3.63) is 35.9 Å². The highest BCUT2D eigenvalue weighted by atomic mass is 16.2. The number of unbranched alkanes of at least 4 members (excludes halogenated alkanes) is 1. The average Bonchev–Trinajstić information content (AvgIpc) is 2.74. The molecule has 2 atom stereocenters. The smallest absolute Gasteiger partial charge is 0.241 e. The van der Waals surface area contributed by atoms with Gasteiger partial charge in [-0.15, -0.1) is 0 Å². The lowest BCUT2D eigenvalue weighted by molar-refractivity contribution is -0.130. The molecule has 1 fully saturated rings. The van der Waals surface area contributed by atoms with Gasteiger partial charge in [0.2, 0.25) is 5.91 Å². The molecule has 19 heavy (non-hydrogen) atoms. The molecule has 1 aliphatic heterocycles. The molecule has 0 saturated carbocycles. The molecular formula is C16H24N2O. The van der Waals surface area contributed by atoms with E-state index in [0.29, 0.717) is 0 Å². The first-order chi connectivity index (χ1) is 9.26. The van der Waals surface area contributed by atoms with Crippen LogP contribution >= 0.6 is 0 Å². The molecule has 0 aromatic heterocycles. The standard InChI is InChI=1S/C16H24N2O/c1-3-5-11-18-15(4-2)17-14(16(18)19)12-13-9-7-6-8-10-13/h6-10,14-15,17H,3-5,11-12H2,1-2H3. The van der Waals surface area contributed by atoms with E-state index in [9.17, 15) is 4.79 Å². The zero-order valence-corrected chi connectivity index (χ0v) is 11.9. The van der Waals surface area contributed by atoms with E-state index in [1.54, 1.807) is 0 Å². The van der Waals surface area contributed by atoms with E-state index in [2.05, 4.69) is 31.3 Å². The maximum Gasteiger partial charge on any atom is 0.241 e. The number of benzene rings is 1. The molecule has 3 heteroatoms. The summed E-state index contributed by atoms with van der Waals surface area (Å²) >= 11 is 0. The third-order valence-electron chi connectivity index (χ3n) is 3.77. The Hall–Kier alpha value is -1.35. The van der Waals surface area contributed by atoms with E-state index in [4.69, 9.17) is 0 Å². The Morgan fingerprint density at radius 2 is 1.95 bits per heavy atom. The number of rotatable bonds is 6. The minimum atomic E-state index is -0.0517. The first-order valence-corrected chi connectivity index (χ1v) is 7.36. The summed E-state index contributed by atoms with van der Waals surface area (Å²) in [6.07, 6.45) is 4.19. The number of hydrogen-bond donors (Lipinski definition) is 1. The Kier molecular flexibility index (Phi) is 4.97. The summed E-state index contributed by atoms with van der Waals surface area (Å²) in [5.41, 5.74) is 1.22. The minimum Gasteiger partial charge on any atom is -0.326 e. The second kappa shape index (κ2) is 6.71. The van der Waals surface area contributed by atoms with Crippen molar-refractivity contribution in [2.45, 2.75) is 51.7 Å². The third kappa shape index (κ3) is 3.35. The van der Waals surface area contributed by atoms with E-state index >= 15 is 0 Å². The van der Waals surface area contributed by atoms with Crippen molar-refractivity contribution in [1.82, 2.24) is 10.2 Å². The third-order valence-corrected chi connectivity index (χ3v) is 3.77. The maximum atomic E-state index is 12.4. The normalized spacial score (nSPS) is 23.1. The number of nitrogens with one attached hydrogen (secondary N) is 1. The van der Waals surface area contributed by atoms with Crippen molar-refractivity contribution >= 4 is 5.91 Å². The maximum absolute atomic E-state index is 12.4. The van der Waals surface area contributed by atoms with Crippen LogP contribution in [-0.4, -0.2) is 29.6 Å². The van der Waals surface area contributed by atoms with Gasteiger partial charge in [-0.2, -0.15) is 0 Å². The summed E-state index contributed by atoms with van der Waals surface area (Å²) in [7, 11) is 0. The number of hydrogen-bond acceptors (Lipinski definition) is 2. The fourth-order valence-electron chi connectivity index (χ4n) is 2.68. The van der Waals surface area contributed by atoms with Gasteiger partial charge in [0, 0.05) is 6.54 Å². The zero-order chi connectivity index (χ0) is 13.7. The Labute approximate surface area is 116 Å². The monoisotopic (exact) mass is 260 g/mol. The predicted octanol–water partition coefficient (Wildman–Crippen LogP) is 2.57. The van der Waals surface area contributed by atoms with Gasteiger partial charge in [-0.05, 0) is 24.8 Å². The Bertz CT molecular complexity index is 404. The highest BCUT2D eigenvalue weighted by molar-refractivity contribution is 5.84. The second-order valence-corrected chi connectivity index (χ2v) is 5.22. The molecule has 3 nitrogen and oxygen atoms in total. The Morgan fingerprint density at radius 3 is 2.58 bits per heavy atom. The van der Waals surface area contributed by atoms with Crippen molar-refractivity contribution < 1.29 is 4.79 Å². The van der Waals surface area contributed by atoms with Gasteiger partial charge in [-0.3, -0.25) is 10.1 Å². The molecule has 0 aliphatic carbocycles. The molecule has 1 amide bonds. The van der Waals surface area contributed by atoms with Gasteiger partial charge >= 0.3 is 0 Å². The molecule has 1 aliphatic rings. The summed E-state index contributed by atoms with van der Waals surface area (Å²) in [6, 6.07) is 10.2. The molecule has 1 N–H and O–H groups in total. The highest BCUT2D eigenvalue weighted by Crippen LogP contribution is 2.17. The summed E-state index contributed by atoms with van der Waals surface area (Å²) in [4.78, 5) is 14.5. The van der Waals surface area contributed by atoms with Crippen molar-refractivity contribution in [2.24, 2.45) is 0 Å². The van der Waals surface area contributed by atoms with Crippen LogP contribution in [0.3, 0.4) is 0 Å². The molecular weight excluding hydrogens is 236 g/mol. The predicted molar refractivity (Wildman–Crippen MR) is 77.8 cm³/mol. The van der Waals surface area contributed by atoms with Crippen molar-refractivity contribution in [3.63, 3.8) is 0 Å². The minimum absolute atomic E-state index is 0.0517. The molecule has 1 aromatic carbocycles. The van der Waals surface area contributed by atoms with E-state index < -0.39 is 0 Å². The molecule has 1 saturated heterocycles. The average molecular weight is 260 g/mol. The van der Waals surface area contributed by atoms with Gasteiger partial charge in [0.1, 0.15) is 0 Å². The summed E-state index contributed by atoms with van der Waals surface area (Å²) < 4.78 is 0. The lowest BCUT2D eigenvalue weighted by Gasteiger charge is -2.22. The van der Waals surface area contributed by atoms with E-state index in [1.807, 2.05) is 23.1 Å². The Morgan fingerprint density at radius 1 is 1.21 bits per heavy atom. The number of nitrogens with zero attached hydrogens (tertiary/aromatic N) is 1. The van der Waals surface area contributed by atoms with Gasteiger partial charge in [-0.25, -0.2) is 0 Å². The molecule has 2 rings (SSSR count). The fraction of sp³-hybridized carbons (Fsp3) is 0.562. The number of carbonyl (C=O) groups is 1. The van der Waals surface area contributed by atoms with Crippen LogP contribution in [0.25, 0.3) is 0 Å². The van der Waals surface area contributed by atoms with E-state index in [1.165, 1.54) is 5.56 Å². The lowest BCUT2D eigenvalue weighted by Crippen LogP contribution is -2.37. The first kappa shape index (κ1) is 14.1. The van der Waals surface area contributed by atoms with Crippen LogP contribution in [0.1, 0.15) is 38.7 Å². The van der Waals surface area contributed by atoms with Gasteiger partial charge in [0.05, 0.1) is 12.2 Å². The number of carbonyl (C=O) groups excluding carboxylic acids is 1. The van der Waals surface area contributed by atoms with Crippen molar-refractivity contribution in [2.75, 3.05) is 6.54 Å². The van der Waals surface area contributed by atoms with E-state index in [-0.39, 0.29) is 18.1 Å².